The van der Waals surface area contributed by atoms with Crippen molar-refractivity contribution in [2.45, 2.75) is 51.7 Å². The lowest BCUT2D eigenvalue weighted by Gasteiger charge is -2.46. The molecule has 116 valence electrons. The van der Waals surface area contributed by atoms with Crippen molar-refractivity contribution in [1.29, 1.82) is 0 Å². The van der Waals surface area contributed by atoms with E-state index in [0.717, 1.165) is 50.2 Å². The molecular formula is C18H27NO2. The van der Waals surface area contributed by atoms with Gasteiger partial charge in [-0.05, 0) is 37.8 Å². The number of aliphatic hydroxyl groups excluding tert-OH is 1. The molecule has 0 radical (unpaired) electrons. The van der Waals surface area contributed by atoms with Gasteiger partial charge in [0.15, 0.2) is 0 Å². The van der Waals surface area contributed by atoms with E-state index < -0.39 is 0 Å². The minimum atomic E-state index is -0.384. The number of aliphatic hydroxyl groups is 1. The van der Waals surface area contributed by atoms with E-state index in [4.69, 9.17) is 4.74 Å². The molecule has 2 heterocycles. The Balaban J connectivity index is 1.73. The second-order valence-corrected chi connectivity index (χ2v) is 7.24. The molecule has 1 aromatic carbocycles. The second kappa shape index (κ2) is 5.62. The lowest BCUT2D eigenvalue weighted by molar-refractivity contribution is -0.0551. The van der Waals surface area contributed by atoms with Crippen molar-refractivity contribution in [2.75, 3.05) is 19.6 Å². The van der Waals surface area contributed by atoms with Crippen LogP contribution in [0, 0.1) is 12.8 Å². The molecular weight excluding hydrogens is 262 g/mol. The van der Waals surface area contributed by atoms with Crippen LogP contribution < -0.4 is 4.74 Å². The van der Waals surface area contributed by atoms with E-state index in [1.165, 1.54) is 5.56 Å². The predicted octanol–water partition coefficient (Wildman–Crippen LogP) is 3.30. The number of likely N-dealkylation sites (tertiary alicyclic amines) is 1. The summed E-state index contributed by atoms with van der Waals surface area (Å²) in [6, 6.07) is 6.15. The van der Waals surface area contributed by atoms with Crippen molar-refractivity contribution in [1.82, 2.24) is 4.90 Å². The molecule has 21 heavy (non-hydrogen) atoms. The van der Waals surface area contributed by atoms with Crippen molar-refractivity contribution in [3.63, 3.8) is 0 Å². The van der Waals surface area contributed by atoms with Crippen LogP contribution in [0.5, 0.6) is 5.75 Å². The standard InChI is InChI=1S/C18H27NO2/c1-13(2)12-19-8-6-18(7-9-19)11-16(20)15-10-14(3)4-5-17(15)21-18/h4-5,10,13,16,20H,6-9,11-12H2,1-3H3. The Morgan fingerprint density at radius 3 is 2.71 bits per heavy atom. The predicted molar refractivity (Wildman–Crippen MR) is 84.6 cm³/mol. The minimum Gasteiger partial charge on any atom is -0.487 e. The highest BCUT2D eigenvalue weighted by atomic mass is 16.5. The molecule has 2 aliphatic rings. The summed E-state index contributed by atoms with van der Waals surface area (Å²) in [6.07, 6.45) is 2.39. The Kier molecular flexibility index (Phi) is 3.98. The molecule has 3 nitrogen and oxygen atoms in total. The zero-order chi connectivity index (χ0) is 15.0. The molecule has 0 bridgehead atoms. The van der Waals surface area contributed by atoms with Crippen LogP contribution in [0.25, 0.3) is 0 Å². The van der Waals surface area contributed by atoms with Crippen molar-refractivity contribution < 1.29 is 9.84 Å². The third kappa shape index (κ3) is 3.09. The van der Waals surface area contributed by atoms with Crippen LogP contribution in [-0.2, 0) is 0 Å². The van der Waals surface area contributed by atoms with Crippen LogP contribution in [0.3, 0.4) is 0 Å². The number of piperidine rings is 1. The fourth-order valence-electron chi connectivity index (χ4n) is 3.72. The molecule has 1 aromatic rings. The normalized spacial score (nSPS) is 24.9. The van der Waals surface area contributed by atoms with Gasteiger partial charge in [-0.25, -0.2) is 0 Å². The van der Waals surface area contributed by atoms with Crippen molar-refractivity contribution in [3.05, 3.63) is 29.3 Å². The van der Waals surface area contributed by atoms with Gasteiger partial charge in [0.25, 0.3) is 0 Å². The summed E-state index contributed by atoms with van der Waals surface area (Å²) in [5, 5.41) is 10.5. The maximum atomic E-state index is 10.5. The molecule has 1 spiro atoms. The highest BCUT2D eigenvalue weighted by molar-refractivity contribution is 5.41. The number of hydrogen-bond acceptors (Lipinski definition) is 3. The second-order valence-electron chi connectivity index (χ2n) is 7.24. The van der Waals surface area contributed by atoms with Crippen LogP contribution in [0.1, 0.15) is 50.3 Å². The molecule has 0 aromatic heterocycles. The lowest BCUT2D eigenvalue weighted by atomic mass is 9.81. The van der Waals surface area contributed by atoms with E-state index in [-0.39, 0.29) is 11.7 Å². The van der Waals surface area contributed by atoms with Crippen LogP contribution in [0.4, 0.5) is 0 Å². The maximum Gasteiger partial charge on any atom is 0.125 e. The molecule has 1 fully saturated rings. The van der Waals surface area contributed by atoms with E-state index in [0.29, 0.717) is 5.92 Å². The fraction of sp³-hybridized carbons (Fsp3) is 0.667. The number of ether oxygens (including phenoxy) is 1. The molecule has 2 aliphatic heterocycles. The van der Waals surface area contributed by atoms with Gasteiger partial charge < -0.3 is 14.7 Å². The van der Waals surface area contributed by atoms with Gasteiger partial charge in [0.05, 0.1) is 6.10 Å². The summed E-state index contributed by atoms with van der Waals surface area (Å²) >= 11 is 0. The topological polar surface area (TPSA) is 32.7 Å². The summed E-state index contributed by atoms with van der Waals surface area (Å²) in [5.74, 6) is 1.59. The number of fused-ring (bicyclic) bond motifs is 1. The quantitative estimate of drug-likeness (QED) is 0.906. The van der Waals surface area contributed by atoms with E-state index in [1.807, 2.05) is 6.07 Å². The van der Waals surface area contributed by atoms with E-state index in [1.54, 1.807) is 0 Å². The lowest BCUT2D eigenvalue weighted by Crippen LogP contribution is -2.51. The van der Waals surface area contributed by atoms with Gasteiger partial charge >= 0.3 is 0 Å². The first kappa shape index (κ1) is 14.9. The summed E-state index contributed by atoms with van der Waals surface area (Å²) in [4.78, 5) is 2.52. The fourth-order valence-corrected chi connectivity index (χ4v) is 3.72. The molecule has 1 saturated heterocycles. The Morgan fingerprint density at radius 1 is 1.33 bits per heavy atom. The van der Waals surface area contributed by atoms with Gasteiger partial charge in [0.2, 0.25) is 0 Å². The third-order valence-electron chi connectivity index (χ3n) is 4.81. The molecule has 3 rings (SSSR count). The zero-order valence-electron chi connectivity index (χ0n) is 13.4. The Labute approximate surface area is 127 Å². The Morgan fingerprint density at radius 2 is 2.05 bits per heavy atom. The summed E-state index contributed by atoms with van der Waals surface area (Å²) in [7, 11) is 0. The van der Waals surface area contributed by atoms with Crippen LogP contribution in [-0.4, -0.2) is 35.2 Å². The molecule has 0 amide bonds. The molecule has 1 unspecified atom stereocenters. The van der Waals surface area contributed by atoms with Gasteiger partial charge in [0.1, 0.15) is 11.4 Å². The highest BCUT2D eigenvalue weighted by Gasteiger charge is 2.42. The first-order chi connectivity index (χ1) is 9.97. The Bertz CT molecular complexity index is 504. The van der Waals surface area contributed by atoms with Crippen molar-refractivity contribution >= 4 is 0 Å². The summed E-state index contributed by atoms with van der Waals surface area (Å²) in [5.41, 5.74) is 1.99. The smallest absolute Gasteiger partial charge is 0.125 e. The molecule has 1 N–H and O–H groups in total. The summed E-state index contributed by atoms with van der Waals surface area (Å²) in [6.45, 7) is 9.90. The SMILES string of the molecule is Cc1ccc2c(c1)C(O)CC1(CCN(CC(C)C)CC1)O2. The van der Waals surface area contributed by atoms with Crippen LogP contribution in [0.2, 0.25) is 0 Å². The van der Waals surface area contributed by atoms with Gasteiger partial charge in [-0.1, -0.05) is 25.5 Å². The molecule has 0 aliphatic carbocycles. The van der Waals surface area contributed by atoms with E-state index in [9.17, 15) is 5.11 Å². The van der Waals surface area contributed by atoms with Gasteiger partial charge in [-0.15, -0.1) is 0 Å². The molecule has 1 atom stereocenters. The van der Waals surface area contributed by atoms with E-state index in [2.05, 4.69) is 37.8 Å². The number of hydrogen-bond donors (Lipinski definition) is 1. The third-order valence-corrected chi connectivity index (χ3v) is 4.81. The number of nitrogens with zero attached hydrogens (tertiary/aromatic N) is 1. The summed E-state index contributed by atoms with van der Waals surface area (Å²) < 4.78 is 6.35. The maximum absolute atomic E-state index is 10.5. The number of rotatable bonds is 2. The number of aryl methyl sites for hydroxylation is 1. The highest BCUT2D eigenvalue weighted by Crippen LogP contribution is 2.44. The van der Waals surface area contributed by atoms with Gasteiger partial charge in [-0.2, -0.15) is 0 Å². The largest absolute Gasteiger partial charge is 0.487 e. The van der Waals surface area contributed by atoms with Crippen molar-refractivity contribution in [3.8, 4) is 5.75 Å². The average Bonchev–Trinajstić information content (AvgIpc) is 2.42. The molecule has 0 saturated carbocycles. The van der Waals surface area contributed by atoms with Crippen LogP contribution >= 0.6 is 0 Å². The first-order valence-electron chi connectivity index (χ1n) is 8.17. The minimum absolute atomic E-state index is 0.158. The zero-order valence-corrected chi connectivity index (χ0v) is 13.4. The average molecular weight is 289 g/mol. The van der Waals surface area contributed by atoms with Crippen LogP contribution in [0.15, 0.2) is 18.2 Å². The number of benzene rings is 1. The monoisotopic (exact) mass is 289 g/mol. The van der Waals surface area contributed by atoms with E-state index >= 15 is 0 Å². The van der Waals surface area contributed by atoms with Gasteiger partial charge in [0, 0.05) is 31.6 Å². The molecule has 3 heteroatoms. The van der Waals surface area contributed by atoms with Gasteiger partial charge in [-0.3, -0.25) is 0 Å². The Hall–Kier alpha value is -1.06. The first-order valence-corrected chi connectivity index (χ1v) is 8.17. The van der Waals surface area contributed by atoms with Crippen molar-refractivity contribution in [2.24, 2.45) is 5.92 Å².